The number of aliphatic hydroxyl groups excluding tert-OH is 2. The monoisotopic (exact) mass is 284 g/mol. The van der Waals surface area contributed by atoms with E-state index in [0.717, 1.165) is 12.8 Å². The van der Waals surface area contributed by atoms with E-state index >= 15 is 0 Å². The van der Waals surface area contributed by atoms with Crippen molar-refractivity contribution in [3.8, 4) is 0 Å². The van der Waals surface area contributed by atoms with E-state index in [-0.39, 0.29) is 0 Å². The smallest absolute Gasteiger partial charge is 0.0431 e. The van der Waals surface area contributed by atoms with Crippen molar-refractivity contribution in [1.29, 1.82) is 0 Å². The molecule has 120 valence electrons. The van der Waals surface area contributed by atoms with E-state index in [4.69, 9.17) is 10.2 Å². The summed E-state index contributed by atoms with van der Waals surface area (Å²) in [4.78, 5) is 0. The summed E-state index contributed by atoms with van der Waals surface area (Å²) >= 11 is 0. The number of hydrogen-bond acceptors (Lipinski definition) is 2. The van der Waals surface area contributed by atoms with Crippen LogP contribution in [-0.2, 0) is 0 Å². The van der Waals surface area contributed by atoms with Crippen LogP contribution in [-0.4, -0.2) is 23.4 Å². The fraction of sp³-hybridized carbons (Fsp3) is 1.00. The minimum absolute atomic E-state index is 0.340. The third kappa shape index (κ3) is 7.64. The maximum absolute atomic E-state index is 9.04. The molecule has 0 aliphatic heterocycles. The van der Waals surface area contributed by atoms with Gasteiger partial charge < -0.3 is 10.2 Å². The Morgan fingerprint density at radius 3 is 1.35 bits per heavy atom. The Hall–Kier alpha value is -0.0800. The van der Waals surface area contributed by atoms with Gasteiger partial charge in [-0.3, -0.25) is 0 Å². The summed E-state index contributed by atoms with van der Waals surface area (Å²) in [6.07, 6.45) is 19.5. The van der Waals surface area contributed by atoms with Gasteiger partial charge >= 0.3 is 0 Å². The molecule has 1 saturated carbocycles. The van der Waals surface area contributed by atoms with Crippen molar-refractivity contribution >= 4 is 0 Å². The van der Waals surface area contributed by atoms with E-state index in [1.807, 2.05) is 0 Å². The van der Waals surface area contributed by atoms with Gasteiger partial charge in [-0.15, -0.1) is 0 Å². The molecule has 2 nitrogen and oxygen atoms in total. The van der Waals surface area contributed by atoms with Gasteiger partial charge in [0.2, 0.25) is 0 Å². The van der Waals surface area contributed by atoms with Crippen LogP contribution in [0.1, 0.15) is 96.3 Å². The second-order valence-electron chi connectivity index (χ2n) is 6.84. The second-order valence-corrected chi connectivity index (χ2v) is 6.84. The van der Waals surface area contributed by atoms with E-state index in [0.29, 0.717) is 18.6 Å². The summed E-state index contributed by atoms with van der Waals surface area (Å²) in [6, 6.07) is 0. The maximum atomic E-state index is 9.04. The lowest BCUT2D eigenvalue weighted by molar-refractivity contribution is 0.158. The molecule has 0 aromatic rings. The molecule has 0 bridgehead atoms. The van der Waals surface area contributed by atoms with Gasteiger partial charge in [-0.2, -0.15) is 0 Å². The van der Waals surface area contributed by atoms with Crippen LogP contribution in [0.15, 0.2) is 0 Å². The first kappa shape index (κ1) is 18.0. The first-order chi connectivity index (χ1) is 9.83. The first-order valence-electron chi connectivity index (χ1n) is 9.05. The SMILES string of the molecule is OCCCCC1(CCCCO)CCCCCCCCC1. The summed E-state index contributed by atoms with van der Waals surface area (Å²) in [6.45, 7) is 0.680. The van der Waals surface area contributed by atoms with Crippen LogP contribution in [0.2, 0.25) is 0 Å². The molecule has 1 fully saturated rings. The quantitative estimate of drug-likeness (QED) is 0.627. The molecule has 2 N–H and O–H groups in total. The molecule has 20 heavy (non-hydrogen) atoms. The largest absolute Gasteiger partial charge is 0.396 e. The molecule has 1 aliphatic carbocycles. The number of aliphatic hydroxyl groups is 2. The minimum atomic E-state index is 0.340. The van der Waals surface area contributed by atoms with Gasteiger partial charge in [0.25, 0.3) is 0 Å². The van der Waals surface area contributed by atoms with Crippen molar-refractivity contribution in [3.05, 3.63) is 0 Å². The molecular formula is C18H36O2. The lowest BCUT2D eigenvalue weighted by Crippen LogP contribution is -2.22. The highest BCUT2D eigenvalue weighted by atomic mass is 16.3. The van der Waals surface area contributed by atoms with Crippen LogP contribution >= 0.6 is 0 Å². The fourth-order valence-corrected chi connectivity index (χ4v) is 3.86. The molecule has 0 amide bonds. The van der Waals surface area contributed by atoms with Crippen molar-refractivity contribution in [1.82, 2.24) is 0 Å². The number of rotatable bonds is 8. The lowest BCUT2D eigenvalue weighted by Gasteiger charge is -2.35. The standard InChI is InChI=1S/C18H36O2/c19-16-10-8-14-18(15-9-11-17-20)12-6-4-2-1-3-5-7-13-18/h19-20H,1-17H2. The molecule has 0 unspecified atom stereocenters. The zero-order valence-corrected chi connectivity index (χ0v) is 13.4. The molecule has 2 heteroatoms. The molecule has 0 heterocycles. The molecule has 0 atom stereocenters. The minimum Gasteiger partial charge on any atom is -0.396 e. The van der Waals surface area contributed by atoms with Gasteiger partial charge in [-0.1, -0.05) is 57.8 Å². The van der Waals surface area contributed by atoms with Crippen molar-refractivity contribution in [2.75, 3.05) is 13.2 Å². The Morgan fingerprint density at radius 1 is 0.550 bits per heavy atom. The van der Waals surface area contributed by atoms with Crippen molar-refractivity contribution in [2.45, 2.75) is 96.3 Å². The molecule has 0 spiro atoms. The number of hydrogen-bond donors (Lipinski definition) is 2. The first-order valence-corrected chi connectivity index (χ1v) is 9.05. The molecule has 0 saturated heterocycles. The predicted molar refractivity (Wildman–Crippen MR) is 85.9 cm³/mol. The van der Waals surface area contributed by atoms with Crippen LogP contribution in [0, 0.1) is 5.41 Å². The summed E-state index contributed by atoms with van der Waals surface area (Å²) in [5, 5.41) is 18.1. The normalized spacial score (nSPS) is 20.7. The van der Waals surface area contributed by atoms with Gasteiger partial charge in [0.1, 0.15) is 0 Å². The molecule has 0 radical (unpaired) electrons. The van der Waals surface area contributed by atoms with Gasteiger partial charge in [0.15, 0.2) is 0 Å². The van der Waals surface area contributed by atoms with Crippen LogP contribution in [0.4, 0.5) is 0 Å². The van der Waals surface area contributed by atoms with Crippen LogP contribution < -0.4 is 0 Å². The molecule has 1 rings (SSSR count). The molecule has 1 aliphatic rings. The molecular weight excluding hydrogens is 248 g/mol. The lowest BCUT2D eigenvalue weighted by atomic mass is 9.70. The Balaban J connectivity index is 2.53. The average molecular weight is 284 g/mol. The van der Waals surface area contributed by atoms with Crippen LogP contribution in [0.3, 0.4) is 0 Å². The van der Waals surface area contributed by atoms with E-state index in [1.165, 1.54) is 83.5 Å². The van der Waals surface area contributed by atoms with Crippen molar-refractivity contribution < 1.29 is 10.2 Å². The Labute approximate surface area is 126 Å². The molecule has 0 aromatic heterocycles. The molecule has 0 aromatic carbocycles. The third-order valence-corrected chi connectivity index (χ3v) is 5.14. The van der Waals surface area contributed by atoms with Crippen molar-refractivity contribution in [2.24, 2.45) is 5.41 Å². The highest BCUT2D eigenvalue weighted by molar-refractivity contribution is 4.80. The van der Waals surface area contributed by atoms with E-state index in [2.05, 4.69) is 0 Å². The van der Waals surface area contributed by atoms with Gasteiger partial charge in [0, 0.05) is 13.2 Å². The Bertz CT molecular complexity index is 186. The van der Waals surface area contributed by atoms with Gasteiger partial charge in [0.05, 0.1) is 0 Å². The average Bonchev–Trinajstić information content (AvgIpc) is 2.46. The number of unbranched alkanes of at least 4 members (excludes halogenated alkanes) is 2. The predicted octanol–water partition coefficient (Wildman–Crippen LogP) is 4.82. The zero-order chi connectivity index (χ0) is 14.5. The van der Waals surface area contributed by atoms with Crippen molar-refractivity contribution in [3.63, 3.8) is 0 Å². The van der Waals surface area contributed by atoms with Gasteiger partial charge in [-0.05, 0) is 43.9 Å². The summed E-state index contributed by atoms with van der Waals surface area (Å²) in [5.41, 5.74) is 0.516. The van der Waals surface area contributed by atoms with E-state index < -0.39 is 0 Å². The van der Waals surface area contributed by atoms with E-state index in [1.54, 1.807) is 0 Å². The fourth-order valence-electron chi connectivity index (χ4n) is 3.86. The summed E-state index contributed by atoms with van der Waals surface area (Å²) in [5.74, 6) is 0. The maximum Gasteiger partial charge on any atom is 0.0431 e. The summed E-state index contributed by atoms with van der Waals surface area (Å²) < 4.78 is 0. The summed E-state index contributed by atoms with van der Waals surface area (Å²) in [7, 11) is 0. The zero-order valence-electron chi connectivity index (χ0n) is 13.4. The topological polar surface area (TPSA) is 40.5 Å². The highest BCUT2D eigenvalue weighted by Gasteiger charge is 2.28. The second kappa shape index (κ2) is 11.6. The highest BCUT2D eigenvalue weighted by Crippen LogP contribution is 2.42. The Kier molecular flexibility index (Phi) is 10.4. The van der Waals surface area contributed by atoms with Crippen LogP contribution in [0.5, 0.6) is 0 Å². The Morgan fingerprint density at radius 2 is 0.950 bits per heavy atom. The van der Waals surface area contributed by atoms with E-state index in [9.17, 15) is 0 Å². The van der Waals surface area contributed by atoms with Gasteiger partial charge in [-0.25, -0.2) is 0 Å². The van der Waals surface area contributed by atoms with Crippen LogP contribution in [0.25, 0.3) is 0 Å². The third-order valence-electron chi connectivity index (χ3n) is 5.14.